The van der Waals surface area contributed by atoms with Crippen LogP contribution in [0.25, 0.3) is 0 Å². The Kier molecular flexibility index (Phi) is 4.83. The number of rotatable bonds is 2. The van der Waals surface area contributed by atoms with Gasteiger partial charge in [-0.2, -0.15) is 0 Å². The summed E-state index contributed by atoms with van der Waals surface area (Å²) < 4.78 is 2.74. The number of carboxylic acid groups (broad SMARTS) is 1. The van der Waals surface area contributed by atoms with Gasteiger partial charge in [-0.05, 0) is 30.5 Å². The predicted molar refractivity (Wildman–Crippen MR) is 82.9 cm³/mol. The molecular weight excluding hydrogens is 321 g/mol. The van der Waals surface area contributed by atoms with Crippen LogP contribution >= 0.6 is 33.4 Å². The van der Waals surface area contributed by atoms with Crippen LogP contribution in [0.2, 0.25) is 10.0 Å². The van der Waals surface area contributed by atoms with Crippen LogP contribution in [0.5, 0.6) is 0 Å². The molecule has 1 fully saturated rings. The third kappa shape index (κ3) is 3.40. The molecule has 4 nitrogen and oxygen atoms in total. The van der Waals surface area contributed by atoms with E-state index >= 15 is 0 Å². The van der Waals surface area contributed by atoms with Gasteiger partial charge in [0.05, 0.1) is 6.42 Å². The highest BCUT2D eigenvalue weighted by molar-refractivity contribution is 8.43. The first kappa shape index (κ1) is 15.5. The minimum atomic E-state index is -2.07. The van der Waals surface area contributed by atoms with Crippen molar-refractivity contribution in [3.8, 4) is 0 Å². The molecule has 2 rings (SSSR count). The Hall–Kier alpha value is -0.910. The molecule has 7 heteroatoms. The number of amides is 1. The first-order chi connectivity index (χ1) is 9.43. The quantitative estimate of drug-likeness (QED) is 0.862. The molecule has 1 heterocycles. The van der Waals surface area contributed by atoms with E-state index in [1.54, 1.807) is 18.2 Å². The molecule has 1 aromatic rings. The molecule has 0 saturated carbocycles. The van der Waals surface area contributed by atoms with Crippen molar-refractivity contribution in [2.75, 3.05) is 11.5 Å². The van der Waals surface area contributed by atoms with Crippen molar-refractivity contribution < 1.29 is 14.7 Å². The molecule has 20 heavy (non-hydrogen) atoms. The van der Waals surface area contributed by atoms with Crippen molar-refractivity contribution in [2.45, 2.75) is 19.3 Å². The lowest BCUT2D eigenvalue weighted by molar-refractivity contribution is -0.118. The fraction of sp³-hybridized carbons (Fsp3) is 0.385. The lowest BCUT2D eigenvalue weighted by Crippen LogP contribution is -2.34. The number of carbonyl (C=O) groups excluding carboxylic acids is 1. The van der Waals surface area contributed by atoms with Crippen LogP contribution in [-0.2, 0) is 11.2 Å². The zero-order valence-electron chi connectivity index (χ0n) is 10.7. The smallest absolute Gasteiger partial charge is 0.364 e. The van der Waals surface area contributed by atoms with E-state index < -0.39 is 15.5 Å². The Morgan fingerprint density at radius 1 is 1.25 bits per heavy atom. The zero-order valence-corrected chi connectivity index (χ0v) is 13.0. The maximum absolute atomic E-state index is 12.1. The number of halogens is 2. The number of carbonyl (C=O) groups is 2. The summed E-state index contributed by atoms with van der Waals surface area (Å²) in [4.78, 5) is 23.5. The van der Waals surface area contributed by atoms with Gasteiger partial charge in [-0.15, -0.1) is 0 Å². The average molecular weight is 336 g/mol. The van der Waals surface area contributed by atoms with Crippen molar-refractivity contribution in [1.82, 2.24) is 4.72 Å². The van der Waals surface area contributed by atoms with E-state index in [1.165, 1.54) is 0 Å². The molecule has 1 amide bonds. The van der Waals surface area contributed by atoms with E-state index in [9.17, 15) is 14.7 Å². The maximum atomic E-state index is 12.1. The molecular formula is C13H15Cl2NO3S. The molecule has 1 aliphatic rings. The van der Waals surface area contributed by atoms with E-state index in [-0.39, 0.29) is 12.3 Å². The summed E-state index contributed by atoms with van der Waals surface area (Å²) in [6.07, 6.45) is 1.77. The van der Waals surface area contributed by atoms with Crippen molar-refractivity contribution in [1.29, 1.82) is 0 Å². The second-order valence-electron chi connectivity index (χ2n) is 4.70. The van der Waals surface area contributed by atoms with E-state index in [4.69, 9.17) is 23.2 Å². The molecule has 2 N–H and O–H groups in total. The summed E-state index contributed by atoms with van der Waals surface area (Å²) in [6.45, 7) is 0. The Balaban J connectivity index is 2.07. The summed E-state index contributed by atoms with van der Waals surface area (Å²) in [5.74, 6) is 0.818. The minimum absolute atomic E-state index is 0.0675. The lowest BCUT2D eigenvalue weighted by atomic mass is 10.1. The molecule has 1 aliphatic heterocycles. The molecule has 0 aliphatic carbocycles. The molecule has 110 valence electrons. The summed E-state index contributed by atoms with van der Waals surface area (Å²) in [5, 5.41) is 9.38. The van der Waals surface area contributed by atoms with Gasteiger partial charge < -0.3 is 9.83 Å². The molecule has 0 aromatic heterocycles. The van der Waals surface area contributed by atoms with Crippen molar-refractivity contribution in [2.24, 2.45) is 0 Å². The van der Waals surface area contributed by atoms with Gasteiger partial charge in [-0.1, -0.05) is 39.5 Å². The lowest BCUT2D eigenvalue weighted by Gasteiger charge is -2.31. The minimum Gasteiger partial charge on any atom is -0.473 e. The van der Waals surface area contributed by atoms with Gasteiger partial charge in [-0.25, -0.2) is 4.79 Å². The van der Waals surface area contributed by atoms with Gasteiger partial charge in [0.1, 0.15) is 0 Å². The van der Waals surface area contributed by atoms with Crippen LogP contribution in [0, 0.1) is 0 Å². The predicted octanol–water partition coefficient (Wildman–Crippen LogP) is 3.84. The summed E-state index contributed by atoms with van der Waals surface area (Å²) in [7, 11) is -2.07. The highest BCUT2D eigenvalue weighted by Gasteiger charge is 2.37. The fourth-order valence-electron chi connectivity index (χ4n) is 2.21. The van der Waals surface area contributed by atoms with Crippen LogP contribution in [-0.4, -0.2) is 27.8 Å². The Bertz CT molecular complexity index is 544. The largest absolute Gasteiger partial charge is 0.473 e. The van der Waals surface area contributed by atoms with Crippen molar-refractivity contribution in [3.05, 3.63) is 33.8 Å². The molecule has 0 spiro atoms. The third-order valence-electron chi connectivity index (χ3n) is 3.25. The van der Waals surface area contributed by atoms with Gasteiger partial charge >= 0.3 is 5.30 Å². The fourth-order valence-corrected chi connectivity index (χ4v) is 5.43. The highest BCUT2D eigenvalue weighted by atomic mass is 35.5. The van der Waals surface area contributed by atoms with Crippen molar-refractivity contribution >= 4 is 44.6 Å². The molecule has 0 unspecified atom stereocenters. The van der Waals surface area contributed by atoms with Crippen LogP contribution < -0.4 is 4.72 Å². The van der Waals surface area contributed by atoms with Gasteiger partial charge in [0.2, 0.25) is 5.91 Å². The zero-order chi connectivity index (χ0) is 14.8. The Labute approximate surface area is 128 Å². The number of nitrogens with one attached hydrogen (secondary N) is 1. The van der Waals surface area contributed by atoms with Gasteiger partial charge in [-0.3, -0.25) is 4.79 Å². The standard InChI is InChI=1S/C13H15Cl2NO3S/c14-10-4-3-9(11(15)8-10)7-12(17)16-20(13(18)19)5-1-2-6-20/h3-4,8H,1-2,5-7H2,(H,16,17)(H,18,19). The summed E-state index contributed by atoms with van der Waals surface area (Å²) in [6, 6.07) is 4.91. The highest BCUT2D eigenvalue weighted by Crippen LogP contribution is 2.50. The Morgan fingerprint density at radius 3 is 2.45 bits per heavy atom. The summed E-state index contributed by atoms with van der Waals surface area (Å²) in [5.41, 5.74) is 0.645. The van der Waals surface area contributed by atoms with Crippen molar-refractivity contribution in [3.63, 3.8) is 0 Å². The molecule has 0 radical (unpaired) electrons. The SMILES string of the molecule is O=C(Cc1ccc(Cl)cc1Cl)NS1(C(=O)O)CCCC1. The van der Waals surface area contributed by atoms with Crippen LogP contribution in [0.1, 0.15) is 18.4 Å². The number of benzene rings is 1. The first-order valence-corrected chi connectivity index (χ1v) is 8.92. The molecule has 0 bridgehead atoms. The normalized spacial score (nSPS) is 18.5. The van der Waals surface area contributed by atoms with Crippen LogP contribution in [0.15, 0.2) is 18.2 Å². The summed E-state index contributed by atoms with van der Waals surface area (Å²) >= 11 is 11.8. The van der Waals surface area contributed by atoms with E-state index in [0.29, 0.717) is 27.1 Å². The van der Waals surface area contributed by atoms with Crippen LogP contribution in [0.4, 0.5) is 4.79 Å². The van der Waals surface area contributed by atoms with Gasteiger partial charge in [0.25, 0.3) is 0 Å². The van der Waals surface area contributed by atoms with E-state index in [0.717, 1.165) is 12.8 Å². The number of hydrogen-bond acceptors (Lipinski definition) is 2. The van der Waals surface area contributed by atoms with E-state index in [2.05, 4.69) is 4.72 Å². The second-order valence-corrected chi connectivity index (χ2v) is 8.68. The second kappa shape index (κ2) is 6.24. The third-order valence-corrected chi connectivity index (χ3v) is 7.09. The molecule has 1 aromatic carbocycles. The monoisotopic (exact) mass is 335 g/mol. The first-order valence-electron chi connectivity index (χ1n) is 6.19. The van der Waals surface area contributed by atoms with Crippen LogP contribution in [0.3, 0.4) is 0 Å². The maximum Gasteiger partial charge on any atom is 0.364 e. The van der Waals surface area contributed by atoms with Gasteiger partial charge in [0.15, 0.2) is 0 Å². The van der Waals surface area contributed by atoms with Gasteiger partial charge in [0, 0.05) is 21.6 Å². The average Bonchev–Trinajstić information content (AvgIpc) is 2.82. The molecule has 1 saturated heterocycles. The topological polar surface area (TPSA) is 66.4 Å². The Morgan fingerprint density at radius 2 is 1.90 bits per heavy atom. The van der Waals surface area contributed by atoms with E-state index in [1.807, 2.05) is 0 Å². The molecule has 0 atom stereocenters. The number of hydrogen-bond donors (Lipinski definition) is 2.